The van der Waals surface area contributed by atoms with Crippen LogP contribution in [0.4, 0.5) is 0 Å². The molecule has 0 bridgehead atoms. The maximum absolute atomic E-state index is 12.7. The van der Waals surface area contributed by atoms with Gasteiger partial charge in [-0.15, -0.1) is 0 Å². The zero-order valence-corrected chi connectivity index (χ0v) is 22.1. The lowest BCUT2D eigenvalue weighted by Gasteiger charge is -2.14. The van der Waals surface area contributed by atoms with Crippen molar-refractivity contribution in [1.29, 1.82) is 0 Å². The minimum atomic E-state index is -0.668. The average molecular weight is 538 g/mol. The van der Waals surface area contributed by atoms with Crippen molar-refractivity contribution in [2.45, 2.75) is 19.0 Å². The van der Waals surface area contributed by atoms with Crippen LogP contribution in [0.25, 0.3) is 21.8 Å². The first-order valence-electron chi connectivity index (χ1n) is 12.8. The molecule has 4 aromatic carbocycles. The molecule has 0 radical (unpaired) electrons. The van der Waals surface area contributed by atoms with E-state index in [1.54, 1.807) is 12.1 Å². The molecule has 0 aliphatic carbocycles. The monoisotopic (exact) mass is 537 g/mol. The molecule has 40 heavy (non-hydrogen) atoms. The molecule has 1 atom stereocenters. The van der Waals surface area contributed by atoms with Crippen LogP contribution in [0.5, 0.6) is 5.75 Å². The number of rotatable bonds is 10. The lowest BCUT2D eigenvalue weighted by molar-refractivity contribution is -0.125. The number of ether oxygens (including phenoxy) is 1. The number of amides is 2. The summed E-state index contributed by atoms with van der Waals surface area (Å²) in [5.74, 6) is -0.510. The molecule has 0 fully saturated rings. The summed E-state index contributed by atoms with van der Waals surface area (Å²) in [6.45, 7) is 0.288. The molecule has 1 aromatic heterocycles. The summed E-state index contributed by atoms with van der Waals surface area (Å²) in [6.07, 6.45) is 1.11. The van der Waals surface area contributed by atoms with Crippen LogP contribution in [-0.4, -0.2) is 47.5 Å². The third-order valence-corrected chi connectivity index (χ3v) is 6.50. The van der Waals surface area contributed by atoms with Gasteiger partial charge in [-0.05, 0) is 41.8 Å². The Labute approximate surface area is 232 Å². The van der Waals surface area contributed by atoms with E-state index in [0.29, 0.717) is 35.1 Å². The second-order valence-corrected chi connectivity index (χ2v) is 9.07. The lowest BCUT2D eigenvalue weighted by Crippen LogP contribution is -2.40. The van der Waals surface area contributed by atoms with E-state index in [4.69, 9.17) is 15.6 Å². The quantitative estimate of drug-likeness (QED) is 0.234. The van der Waals surface area contributed by atoms with Crippen molar-refractivity contribution in [1.82, 2.24) is 9.88 Å². The van der Waals surface area contributed by atoms with Gasteiger partial charge < -0.3 is 30.3 Å². The number of nitrogens with one attached hydrogen (secondary N) is 1. The SMILES string of the molecule is CO.NC(=O)c1cccc2c1c1c(OCC(=O)NC(C=O)Cc3ccccc3)cccc1n2Cc1ccccc1. The summed E-state index contributed by atoms with van der Waals surface area (Å²) >= 11 is 0. The normalized spacial score (nSPS) is 11.3. The molecule has 1 unspecified atom stereocenters. The van der Waals surface area contributed by atoms with E-state index in [-0.39, 0.29) is 6.61 Å². The zero-order chi connectivity index (χ0) is 28.5. The van der Waals surface area contributed by atoms with E-state index in [0.717, 1.165) is 35.6 Å². The topological polar surface area (TPSA) is 124 Å². The lowest BCUT2D eigenvalue weighted by atomic mass is 10.1. The fourth-order valence-electron chi connectivity index (χ4n) is 4.81. The number of aliphatic hydroxyl groups is 1. The molecule has 204 valence electrons. The Morgan fingerprint density at radius 2 is 1.45 bits per heavy atom. The number of fused-ring (bicyclic) bond motifs is 3. The van der Waals surface area contributed by atoms with Gasteiger partial charge in [0.2, 0.25) is 5.91 Å². The van der Waals surface area contributed by atoms with Crippen molar-refractivity contribution in [3.63, 3.8) is 0 Å². The fraction of sp³-hybridized carbons (Fsp3) is 0.156. The first-order valence-corrected chi connectivity index (χ1v) is 12.8. The van der Waals surface area contributed by atoms with Crippen LogP contribution in [0.1, 0.15) is 21.5 Å². The zero-order valence-electron chi connectivity index (χ0n) is 22.1. The van der Waals surface area contributed by atoms with Gasteiger partial charge in [0.05, 0.1) is 22.5 Å². The maximum atomic E-state index is 12.7. The fourth-order valence-corrected chi connectivity index (χ4v) is 4.81. The molecule has 0 aliphatic rings. The van der Waals surface area contributed by atoms with Gasteiger partial charge in [0.15, 0.2) is 6.61 Å². The van der Waals surface area contributed by atoms with Crippen molar-refractivity contribution < 1.29 is 24.2 Å². The summed E-state index contributed by atoms with van der Waals surface area (Å²) in [6, 6.07) is 29.8. The molecule has 0 aliphatic heterocycles. The second-order valence-electron chi connectivity index (χ2n) is 9.07. The van der Waals surface area contributed by atoms with Gasteiger partial charge >= 0.3 is 0 Å². The molecule has 8 heteroatoms. The van der Waals surface area contributed by atoms with Crippen LogP contribution in [-0.2, 0) is 22.6 Å². The van der Waals surface area contributed by atoms with E-state index >= 15 is 0 Å². The van der Waals surface area contributed by atoms with Crippen LogP contribution in [0.2, 0.25) is 0 Å². The number of nitrogens with zero attached hydrogens (tertiary/aromatic N) is 1. The first kappa shape index (κ1) is 28.1. The van der Waals surface area contributed by atoms with Gasteiger partial charge in [0, 0.05) is 24.6 Å². The molecular formula is C32H31N3O5. The number of hydrogen-bond donors (Lipinski definition) is 3. The van der Waals surface area contributed by atoms with Crippen molar-refractivity contribution in [2.75, 3.05) is 13.7 Å². The van der Waals surface area contributed by atoms with Crippen LogP contribution in [0.3, 0.4) is 0 Å². The van der Waals surface area contributed by atoms with E-state index in [2.05, 4.69) is 9.88 Å². The van der Waals surface area contributed by atoms with Gasteiger partial charge in [-0.2, -0.15) is 0 Å². The predicted molar refractivity (Wildman–Crippen MR) is 155 cm³/mol. The van der Waals surface area contributed by atoms with Crippen LogP contribution >= 0.6 is 0 Å². The molecule has 5 rings (SSSR count). The number of carbonyl (C=O) groups is 3. The summed E-state index contributed by atoms with van der Waals surface area (Å²) in [7, 11) is 1.00. The molecule has 2 amide bonds. The molecule has 0 spiro atoms. The van der Waals surface area contributed by atoms with Gasteiger partial charge in [0.1, 0.15) is 12.0 Å². The molecule has 4 N–H and O–H groups in total. The predicted octanol–water partition coefficient (Wildman–Crippen LogP) is 3.86. The Balaban J connectivity index is 0.00000181. The smallest absolute Gasteiger partial charge is 0.258 e. The molecule has 0 saturated heterocycles. The number of aliphatic hydroxyl groups excluding tert-OH is 1. The van der Waals surface area contributed by atoms with Crippen molar-refractivity contribution in [2.24, 2.45) is 5.73 Å². The maximum Gasteiger partial charge on any atom is 0.258 e. The first-order chi connectivity index (χ1) is 19.5. The van der Waals surface area contributed by atoms with Crippen molar-refractivity contribution in [3.05, 3.63) is 114 Å². The highest BCUT2D eigenvalue weighted by atomic mass is 16.5. The Morgan fingerprint density at radius 3 is 2.08 bits per heavy atom. The van der Waals surface area contributed by atoms with E-state index in [1.807, 2.05) is 84.9 Å². The third kappa shape index (κ3) is 6.19. The summed E-state index contributed by atoms with van der Waals surface area (Å²) < 4.78 is 8.10. The van der Waals surface area contributed by atoms with Gasteiger partial charge in [0.25, 0.3) is 5.91 Å². The summed E-state index contributed by atoms with van der Waals surface area (Å²) in [5, 5.41) is 11.1. The van der Waals surface area contributed by atoms with Crippen molar-refractivity contribution in [3.8, 4) is 5.75 Å². The van der Waals surface area contributed by atoms with Crippen molar-refractivity contribution >= 4 is 39.9 Å². The van der Waals surface area contributed by atoms with Crippen LogP contribution < -0.4 is 15.8 Å². The molecule has 5 aromatic rings. The highest BCUT2D eigenvalue weighted by Crippen LogP contribution is 2.38. The number of hydrogen-bond acceptors (Lipinski definition) is 5. The van der Waals surface area contributed by atoms with Crippen LogP contribution in [0.15, 0.2) is 97.1 Å². The van der Waals surface area contributed by atoms with Gasteiger partial charge in [-0.25, -0.2) is 0 Å². The summed E-state index contributed by atoms with van der Waals surface area (Å²) in [5.41, 5.74) is 9.86. The number of benzene rings is 4. The summed E-state index contributed by atoms with van der Waals surface area (Å²) in [4.78, 5) is 36.7. The van der Waals surface area contributed by atoms with Crippen LogP contribution in [0, 0.1) is 0 Å². The minimum Gasteiger partial charge on any atom is -0.483 e. The number of nitrogens with two attached hydrogens (primary N) is 1. The third-order valence-electron chi connectivity index (χ3n) is 6.50. The number of primary amides is 1. The highest BCUT2D eigenvalue weighted by Gasteiger charge is 2.20. The molecule has 1 heterocycles. The number of carbonyl (C=O) groups excluding carboxylic acids is 3. The van der Waals surface area contributed by atoms with E-state index < -0.39 is 17.9 Å². The van der Waals surface area contributed by atoms with Gasteiger partial charge in [-0.1, -0.05) is 72.8 Å². The number of aldehydes is 1. The number of aromatic nitrogens is 1. The highest BCUT2D eigenvalue weighted by molar-refractivity contribution is 6.19. The standard InChI is InChI=1S/C31H27N3O4.CH4O/c32-31(37)24-13-7-14-25-29(24)30-26(34(25)18-22-11-5-2-6-12-22)15-8-16-27(30)38-20-28(36)33-23(19-35)17-21-9-3-1-4-10-21;1-2/h1-16,19,23H,17-18,20H2,(H2,32,37)(H,33,36);2H,1H3. The molecule has 8 nitrogen and oxygen atoms in total. The Kier molecular flexibility index (Phi) is 9.27. The van der Waals surface area contributed by atoms with Gasteiger partial charge in [-0.3, -0.25) is 9.59 Å². The Morgan fingerprint density at radius 1 is 0.850 bits per heavy atom. The molecular weight excluding hydrogens is 506 g/mol. The van der Waals surface area contributed by atoms with E-state index in [1.165, 1.54) is 0 Å². The largest absolute Gasteiger partial charge is 0.483 e. The Hall–Kier alpha value is -4.95. The molecule has 0 saturated carbocycles. The average Bonchev–Trinajstić information content (AvgIpc) is 3.31. The minimum absolute atomic E-state index is 0.289. The van der Waals surface area contributed by atoms with E-state index in [9.17, 15) is 14.4 Å². The second kappa shape index (κ2) is 13.2. The Bertz CT molecular complexity index is 1610.